The number of aryl methyl sites for hydroxylation is 1. The van der Waals surface area contributed by atoms with Crippen LogP contribution in [0.3, 0.4) is 0 Å². The smallest absolute Gasteiger partial charge is 0.227 e. The zero-order valence-electron chi connectivity index (χ0n) is 13.8. The summed E-state index contributed by atoms with van der Waals surface area (Å²) in [5.41, 5.74) is 1.40. The van der Waals surface area contributed by atoms with Gasteiger partial charge in [0.25, 0.3) is 0 Å². The minimum absolute atomic E-state index is 0.173. The van der Waals surface area contributed by atoms with Crippen molar-refractivity contribution in [3.8, 4) is 17.1 Å². The highest BCUT2D eigenvalue weighted by atomic mass is 79.9. The molecule has 1 N–H and O–H groups in total. The van der Waals surface area contributed by atoms with Gasteiger partial charge in [-0.15, -0.1) is 0 Å². The molecule has 1 amide bonds. The Kier molecular flexibility index (Phi) is 5.90. The van der Waals surface area contributed by atoms with Crippen molar-refractivity contribution in [2.24, 2.45) is 0 Å². The van der Waals surface area contributed by atoms with Gasteiger partial charge in [0.15, 0.2) is 0 Å². The largest absolute Gasteiger partial charge is 0.495 e. The van der Waals surface area contributed by atoms with Gasteiger partial charge in [-0.1, -0.05) is 32.7 Å². The fraction of sp³-hybridized carbons (Fsp3) is 0.167. The van der Waals surface area contributed by atoms with Crippen molar-refractivity contribution in [2.75, 3.05) is 12.4 Å². The number of nitrogens with zero attached hydrogens (tertiary/aromatic N) is 2. The number of nitrogens with one attached hydrogen (secondary N) is 1. The molecule has 0 aliphatic heterocycles. The number of methoxy groups -OCH3 is 1. The molecule has 0 aliphatic carbocycles. The Morgan fingerprint density at radius 2 is 2.04 bits per heavy atom. The van der Waals surface area contributed by atoms with Crippen LogP contribution in [0, 0.1) is 0 Å². The van der Waals surface area contributed by atoms with Crippen LogP contribution < -0.4 is 10.1 Å². The maximum Gasteiger partial charge on any atom is 0.227 e. The molecule has 2 aromatic carbocycles. The van der Waals surface area contributed by atoms with Gasteiger partial charge in [0.1, 0.15) is 5.75 Å². The fourth-order valence-corrected chi connectivity index (χ4v) is 2.77. The first-order valence-electron chi connectivity index (χ1n) is 7.77. The summed E-state index contributed by atoms with van der Waals surface area (Å²) in [7, 11) is 1.55. The average Bonchev–Trinajstić information content (AvgIpc) is 3.10. The molecule has 1 aromatic heterocycles. The third kappa shape index (κ3) is 4.62. The summed E-state index contributed by atoms with van der Waals surface area (Å²) >= 11 is 9.24. The van der Waals surface area contributed by atoms with Gasteiger partial charge < -0.3 is 14.6 Å². The number of carbonyl (C=O) groups excluding carboxylic acids is 1. The Hall–Kier alpha value is -2.38. The monoisotopic (exact) mass is 435 g/mol. The molecule has 1 heterocycles. The van der Waals surface area contributed by atoms with Gasteiger partial charge in [0, 0.05) is 27.9 Å². The quantitative estimate of drug-likeness (QED) is 0.604. The molecule has 0 saturated heterocycles. The number of rotatable bonds is 6. The lowest BCUT2D eigenvalue weighted by Crippen LogP contribution is -2.13. The van der Waals surface area contributed by atoms with E-state index in [1.54, 1.807) is 31.4 Å². The molecule has 8 heteroatoms. The second-order valence-corrected chi connectivity index (χ2v) is 6.76. The molecule has 3 rings (SSSR count). The number of benzene rings is 2. The van der Waals surface area contributed by atoms with Gasteiger partial charge >= 0.3 is 0 Å². The van der Waals surface area contributed by atoms with Crippen LogP contribution in [0.15, 0.2) is 51.5 Å². The van der Waals surface area contributed by atoms with Crippen molar-refractivity contribution in [2.45, 2.75) is 12.8 Å². The van der Waals surface area contributed by atoms with Gasteiger partial charge in [-0.05, 0) is 42.5 Å². The highest BCUT2D eigenvalue weighted by molar-refractivity contribution is 9.10. The fourth-order valence-electron chi connectivity index (χ4n) is 2.28. The zero-order valence-corrected chi connectivity index (χ0v) is 16.2. The Bertz CT molecular complexity index is 912. The number of ether oxygens (including phenoxy) is 1. The number of halogens is 2. The van der Waals surface area contributed by atoms with E-state index >= 15 is 0 Å². The topological polar surface area (TPSA) is 77.2 Å². The first-order valence-corrected chi connectivity index (χ1v) is 8.94. The van der Waals surface area contributed by atoms with E-state index in [1.165, 1.54) is 0 Å². The van der Waals surface area contributed by atoms with Crippen LogP contribution >= 0.6 is 27.5 Å². The molecule has 0 fully saturated rings. The maximum atomic E-state index is 12.2. The lowest BCUT2D eigenvalue weighted by Gasteiger charge is -2.10. The van der Waals surface area contributed by atoms with E-state index in [0.29, 0.717) is 34.6 Å². The molecule has 0 saturated carbocycles. The SMILES string of the molecule is COc1ccc(Br)cc1NC(=O)CCc1nc(-c2ccc(Cl)cc2)no1. The van der Waals surface area contributed by atoms with E-state index < -0.39 is 0 Å². The normalized spacial score (nSPS) is 10.6. The van der Waals surface area contributed by atoms with Gasteiger partial charge in [-0.25, -0.2) is 0 Å². The lowest BCUT2D eigenvalue weighted by molar-refractivity contribution is -0.116. The number of hydrogen-bond donors (Lipinski definition) is 1. The van der Waals surface area contributed by atoms with Crippen molar-refractivity contribution >= 4 is 39.1 Å². The Morgan fingerprint density at radius 1 is 1.27 bits per heavy atom. The van der Waals surface area contributed by atoms with E-state index in [4.69, 9.17) is 20.9 Å². The van der Waals surface area contributed by atoms with E-state index in [2.05, 4.69) is 31.4 Å². The van der Waals surface area contributed by atoms with Crippen molar-refractivity contribution in [3.05, 3.63) is 57.9 Å². The summed E-state index contributed by atoms with van der Waals surface area (Å²) in [4.78, 5) is 16.5. The van der Waals surface area contributed by atoms with Crippen molar-refractivity contribution in [1.82, 2.24) is 10.1 Å². The average molecular weight is 437 g/mol. The number of amides is 1. The van der Waals surface area contributed by atoms with Crippen LogP contribution in [0.5, 0.6) is 5.75 Å². The molecule has 0 bridgehead atoms. The summed E-state index contributed by atoms with van der Waals surface area (Å²) in [6, 6.07) is 12.5. The lowest BCUT2D eigenvalue weighted by atomic mass is 10.2. The van der Waals surface area contributed by atoms with Crippen LogP contribution in [0.25, 0.3) is 11.4 Å². The summed E-state index contributed by atoms with van der Waals surface area (Å²) in [6.45, 7) is 0. The minimum atomic E-state index is -0.173. The summed E-state index contributed by atoms with van der Waals surface area (Å²) in [5, 5.41) is 7.38. The molecule has 134 valence electrons. The molecule has 0 aliphatic rings. The van der Waals surface area contributed by atoms with Gasteiger partial charge in [0.05, 0.1) is 12.8 Å². The standard InChI is InChI=1S/C18H15BrClN3O3/c1-25-15-7-4-12(19)10-14(15)21-16(24)8-9-17-22-18(23-26-17)11-2-5-13(20)6-3-11/h2-7,10H,8-9H2,1H3,(H,21,24). The summed E-state index contributed by atoms with van der Waals surface area (Å²) in [6.07, 6.45) is 0.542. The molecule has 6 nitrogen and oxygen atoms in total. The third-order valence-corrected chi connectivity index (χ3v) is 4.32. The molecule has 0 spiro atoms. The predicted octanol–water partition coefficient (Wildman–Crippen LogP) is 4.73. The highest BCUT2D eigenvalue weighted by Crippen LogP contribution is 2.28. The number of anilines is 1. The van der Waals surface area contributed by atoms with Crippen LogP contribution in [0.2, 0.25) is 5.02 Å². The van der Waals surface area contributed by atoms with Gasteiger partial charge in [-0.2, -0.15) is 4.98 Å². The summed E-state index contributed by atoms with van der Waals surface area (Å²) in [5.74, 6) is 1.27. The number of hydrogen-bond acceptors (Lipinski definition) is 5. The Morgan fingerprint density at radius 3 is 2.77 bits per heavy atom. The van der Waals surface area contributed by atoms with Crippen LogP contribution in [0.1, 0.15) is 12.3 Å². The van der Waals surface area contributed by atoms with E-state index in [9.17, 15) is 4.79 Å². The van der Waals surface area contributed by atoms with E-state index in [-0.39, 0.29) is 12.3 Å². The Labute approximate surface area is 163 Å². The minimum Gasteiger partial charge on any atom is -0.495 e. The zero-order chi connectivity index (χ0) is 18.5. The van der Waals surface area contributed by atoms with Gasteiger partial charge in [0.2, 0.25) is 17.6 Å². The predicted molar refractivity (Wildman–Crippen MR) is 102 cm³/mol. The first-order chi connectivity index (χ1) is 12.5. The second kappa shape index (κ2) is 8.33. The van der Waals surface area contributed by atoms with Crippen molar-refractivity contribution in [3.63, 3.8) is 0 Å². The van der Waals surface area contributed by atoms with Crippen LogP contribution in [-0.2, 0) is 11.2 Å². The van der Waals surface area contributed by atoms with Crippen LogP contribution in [0.4, 0.5) is 5.69 Å². The molecular weight excluding hydrogens is 422 g/mol. The molecule has 0 atom stereocenters. The number of aromatic nitrogens is 2. The second-order valence-electron chi connectivity index (χ2n) is 5.41. The van der Waals surface area contributed by atoms with E-state index in [0.717, 1.165) is 10.0 Å². The summed E-state index contributed by atoms with van der Waals surface area (Å²) < 4.78 is 11.3. The van der Waals surface area contributed by atoms with Crippen molar-refractivity contribution in [1.29, 1.82) is 0 Å². The highest BCUT2D eigenvalue weighted by Gasteiger charge is 2.12. The Balaban J connectivity index is 1.60. The van der Waals surface area contributed by atoms with Gasteiger partial charge in [-0.3, -0.25) is 4.79 Å². The third-order valence-electron chi connectivity index (χ3n) is 3.57. The first kappa shape index (κ1) is 18.4. The number of carbonyl (C=O) groups is 1. The van der Waals surface area contributed by atoms with Crippen LogP contribution in [-0.4, -0.2) is 23.2 Å². The molecule has 0 radical (unpaired) electrons. The molecular formula is C18H15BrClN3O3. The van der Waals surface area contributed by atoms with E-state index in [1.807, 2.05) is 18.2 Å². The molecule has 26 heavy (non-hydrogen) atoms. The van der Waals surface area contributed by atoms with Crippen molar-refractivity contribution < 1.29 is 14.1 Å². The molecule has 3 aromatic rings. The maximum absolute atomic E-state index is 12.2. The molecule has 0 unspecified atom stereocenters.